The monoisotopic (exact) mass is 428 g/mol. The number of hydrogen-bond acceptors (Lipinski definition) is 7. The third-order valence-electron chi connectivity index (χ3n) is 3.87. The summed E-state index contributed by atoms with van der Waals surface area (Å²) in [5.74, 6) is -1.76. The lowest BCUT2D eigenvalue weighted by Gasteiger charge is -2.07. The van der Waals surface area contributed by atoms with Crippen molar-refractivity contribution in [3.8, 4) is 17.0 Å². The molecule has 2 aromatic carbocycles. The largest absolute Gasteiger partial charge is 0.462 e. The van der Waals surface area contributed by atoms with Gasteiger partial charge in [-0.25, -0.2) is 4.79 Å². The molecule has 1 aromatic heterocycles. The summed E-state index contributed by atoms with van der Waals surface area (Å²) in [4.78, 5) is 36.3. The Morgan fingerprint density at radius 1 is 1.13 bits per heavy atom. The van der Waals surface area contributed by atoms with Gasteiger partial charge in [0.05, 0.1) is 6.61 Å². The van der Waals surface area contributed by atoms with Crippen LogP contribution < -0.4 is 10.1 Å². The number of rotatable bonds is 6. The van der Waals surface area contributed by atoms with Gasteiger partial charge >= 0.3 is 11.9 Å². The number of anilines is 1. The van der Waals surface area contributed by atoms with E-state index < -0.39 is 17.8 Å². The van der Waals surface area contributed by atoms with Gasteiger partial charge in [-0.3, -0.25) is 14.9 Å². The molecule has 0 bridgehead atoms. The number of aromatic nitrogens is 1. The summed E-state index contributed by atoms with van der Waals surface area (Å²) in [6.45, 7) is 3.04. The molecule has 1 amide bonds. The second-order valence-corrected chi connectivity index (χ2v) is 6.47. The maximum atomic E-state index is 12.7. The van der Waals surface area contributed by atoms with Crippen LogP contribution in [-0.2, 0) is 9.53 Å². The van der Waals surface area contributed by atoms with Crippen LogP contribution in [0.4, 0.5) is 5.88 Å². The molecule has 3 aromatic rings. The van der Waals surface area contributed by atoms with Crippen molar-refractivity contribution in [1.82, 2.24) is 5.16 Å². The fraction of sp³-hybridized carbons (Fsp3) is 0.143. The van der Waals surface area contributed by atoms with Crippen LogP contribution in [0.15, 0.2) is 53.1 Å². The van der Waals surface area contributed by atoms with E-state index in [1.54, 1.807) is 37.3 Å². The van der Waals surface area contributed by atoms with E-state index in [2.05, 4.69) is 10.5 Å². The number of esters is 2. The van der Waals surface area contributed by atoms with E-state index in [-0.39, 0.29) is 35.1 Å². The SMILES string of the molecule is CCOC(=O)c1c(-c2ccc(Cl)cc2)noc1NC(=O)c1cccc(OC(C)=O)c1. The third-order valence-corrected chi connectivity index (χ3v) is 4.13. The highest BCUT2D eigenvalue weighted by Crippen LogP contribution is 2.31. The van der Waals surface area contributed by atoms with Gasteiger partial charge < -0.3 is 14.0 Å². The van der Waals surface area contributed by atoms with E-state index in [1.807, 2.05) is 0 Å². The molecule has 0 aliphatic rings. The number of nitrogens with one attached hydrogen (secondary N) is 1. The van der Waals surface area contributed by atoms with Crippen molar-refractivity contribution in [3.05, 3.63) is 64.7 Å². The van der Waals surface area contributed by atoms with E-state index in [9.17, 15) is 14.4 Å². The summed E-state index contributed by atoms with van der Waals surface area (Å²) in [6.07, 6.45) is 0. The predicted octanol–water partition coefficient (Wildman–Crippen LogP) is 4.35. The first-order valence-corrected chi connectivity index (χ1v) is 9.29. The van der Waals surface area contributed by atoms with Crippen LogP contribution in [0.2, 0.25) is 5.02 Å². The minimum Gasteiger partial charge on any atom is -0.462 e. The molecule has 8 nitrogen and oxygen atoms in total. The highest BCUT2D eigenvalue weighted by molar-refractivity contribution is 6.30. The number of nitrogens with zero attached hydrogens (tertiary/aromatic N) is 1. The summed E-state index contributed by atoms with van der Waals surface area (Å²) < 4.78 is 15.3. The molecule has 0 radical (unpaired) electrons. The van der Waals surface area contributed by atoms with E-state index in [0.29, 0.717) is 10.6 Å². The Balaban J connectivity index is 1.94. The number of carbonyl (C=O) groups excluding carboxylic acids is 3. The lowest BCUT2D eigenvalue weighted by atomic mass is 10.1. The van der Waals surface area contributed by atoms with Crippen molar-refractivity contribution in [2.75, 3.05) is 11.9 Å². The van der Waals surface area contributed by atoms with Crippen LogP contribution in [0.5, 0.6) is 5.75 Å². The van der Waals surface area contributed by atoms with Crippen molar-refractivity contribution in [2.24, 2.45) is 0 Å². The summed E-state index contributed by atoms with van der Waals surface area (Å²) in [5.41, 5.74) is 0.925. The van der Waals surface area contributed by atoms with Gasteiger partial charge in [0.2, 0.25) is 5.88 Å². The zero-order chi connectivity index (χ0) is 21.7. The number of hydrogen-bond donors (Lipinski definition) is 1. The Hall–Kier alpha value is -3.65. The maximum absolute atomic E-state index is 12.7. The number of ether oxygens (including phenoxy) is 2. The fourth-order valence-electron chi connectivity index (χ4n) is 2.61. The molecule has 0 atom stereocenters. The highest BCUT2D eigenvalue weighted by atomic mass is 35.5. The lowest BCUT2D eigenvalue weighted by molar-refractivity contribution is -0.131. The van der Waals surface area contributed by atoms with Gasteiger partial charge in [-0.15, -0.1) is 0 Å². The van der Waals surface area contributed by atoms with Crippen molar-refractivity contribution < 1.29 is 28.4 Å². The zero-order valence-corrected chi connectivity index (χ0v) is 16.9. The first-order chi connectivity index (χ1) is 14.4. The molecule has 0 fully saturated rings. The van der Waals surface area contributed by atoms with Crippen LogP contribution >= 0.6 is 11.6 Å². The van der Waals surface area contributed by atoms with Crippen LogP contribution in [0, 0.1) is 0 Å². The van der Waals surface area contributed by atoms with Gasteiger partial charge in [0.25, 0.3) is 5.91 Å². The van der Waals surface area contributed by atoms with Gasteiger partial charge in [-0.05, 0) is 37.3 Å². The van der Waals surface area contributed by atoms with Crippen molar-refractivity contribution in [1.29, 1.82) is 0 Å². The average Bonchev–Trinajstić information content (AvgIpc) is 3.12. The zero-order valence-electron chi connectivity index (χ0n) is 16.1. The average molecular weight is 429 g/mol. The Morgan fingerprint density at radius 3 is 2.53 bits per heavy atom. The van der Waals surface area contributed by atoms with Crippen molar-refractivity contribution in [2.45, 2.75) is 13.8 Å². The molecular formula is C21H17ClN2O6. The number of carbonyl (C=O) groups is 3. The number of amides is 1. The van der Waals surface area contributed by atoms with E-state index in [0.717, 1.165) is 0 Å². The summed E-state index contributed by atoms with van der Waals surface area (Å²) in [6, 6.07) is 12.6. The second-order valence-electron chi connectivity index (χ2n) is 6.04. The molecule has 0 saturated carbocycles. The molecule has 0 saturated heterocycles. The molecule has 30 heavy (non-hydrogen) atoms. The lowest BCUT2D eigenvalue weighted by Crippen LogP contribution is -2.15. The molecule has 3 rings (SSSR count). The molecule has 0 aliphatic heterocycles. The van der Waals surface area contributed by atoms with Crippen molar-refractivity contribution in [3.63, 3.8) is 0 Å². The van der Waals surface area contributed by atoms with Crippen molar-refractivity contribution >= 4 is 35.3 Å². The number of halogens is 1. The predicted molar refractivity (Wildman–Crippen MR) is 109 cm³/mol. The first-order valence-electron chi connectivity index (χ1n) is 8.91. The first kappa shape index (κ1) is 21.1. The maximum Gasteiger partial charge on any atom is 0.346 e. The summed E-state index contributed by atoms with van der Waals surface area (Å²) >= 11 is 5.91. The Kier molecular flexibility index (Phi) is 6.48. The summed E-state index contributed by atoms with van der Waals surface area (Å²) in [7, 11) is 0. The van der Waals surface area contributed by atoms with E-state index in [1.165, 1.54) is 25.1 Å². The quantitative estimate of drug-likeness (QED) is 0.459. The van der Waals surface area contributed by atoms with Gasteiger partial charge in [0, 0.05) is 23.1 Å². The van der Waals surface area contributed by atoms with Gasteiger partial charge in [-0.1, -0.05) is 35.0 Å². The standard InChI is InChI=1S/C21H17ClN2O6/c1-3-28-21(27)17-18(13-7-9-15(22)10-8-13)24-30-20(17)23-19(26)14-5-4-6-16(11-14)29-12(2)25/h4-11H,3H2,1-2H3,(H,23,26). The molecular weight excluding hydrogens is 412 g/mol. The molecule has 0 spiro atoms. The van der Waals surface area contributed by atoms with Gasteiger partial charge in [0.1, 0.15) is 11.4 Å². The minimum atomic E-state index is -0.701. The third kappa shape index (κ3) is 4.84. The number of benzene rings is 2. The Bertz CT molecular complexity index is 1090. The fourth-order valence-corrected chi connectivity index (χ4v) is 2.74. The highest BCUT2D eigenvalue weighted by Gasteiger charge is 2.27. The van der Waals surface area contributed by atoms with Gasteiger partial charge in [-0.2, -0.15) is 0 Å². The Morgan fingerprint density at radius 2 is 1.87 bits per heavy atom. The molecule has 0 aliphatic carbocycles. The molecule has 0 unspecified atom stereocenters. The molecule has 9 heteroatoms. The van der Waals surface area contributed by atoms with Gasteiger partial charge in [0.15, 0.2) is 5.56 Å². The normalized spacial score (nSPS) is 10.4. The second kappa shape index (κ2) is 9.23. The smallest absolute Gasteiger partial charge is 0.346 e. The molecule has 1 N–H and O–H groups in total. The summed E-state index contributed by atoms with van der Waals surface area (Å²) in [5, 5.41) is 6.95. The van der Waals surface area contributed by atoms with E-state index >= 15 is 0 Å². The van der Waals surface area contributed by atoms with Crippen LogP contribution in [0.25, 0.3) is 11.3 Å². The van der Waals surface area contributed by atoms with Crippen LogP contribution in [0.3, 0.4) is 0 Å². The van der Waals surface area contributed by atoms with E-state index in [4.69, 9.17) is 25.6 Å². The van der Waals surface area contributed by atoms with Crippen LogP contribution in [0.1, 0.15) is 34.6 Å². The Labute approximate surface area is 176 Å². The minimum absolute atomic E-state index is 0.0244. The molecule has 1 heterocycles. The molecule has 154 valence electrons. The van der Waals surface area contributed by atoms with Crippen LogP contribution in [-0.4, -0.2) is 29.6 Å². The topological polar surface area (TPSA) is 108 Å².